The molecular weight excluding hydrogens is 843 g/mol. The van der Waals surface area contributed by atoms with E-state index in [0.29, 0.717) is 17.2 Å². The van der Waals surface area contributed by atoms with Crippen molar-refractivity contribution in [2.45, 2.75) is 117 Å². The van der Waals surface area contributed by atoms with Crippen molar-refractivity contribution in [1.82, 2.24) is 5.06 Å². The van der Waals surface area contributed by atoms with Gasteiger partial charge in [-0.1, -0.05) is 51.5 Å². The molecule has 2 aromatic rings. The molecule has 0 saturated carbocycles. The molecule has 1 saturated heterocycles. The van der Waals surface area contributed by atoms with Crippen molar-refractivity contribution in [3.63, 3.8) is 0 Å². The number of imide groups is 1. The topological polar surface area (TPSA) is 134 Å². The summed E-state index contributed by atoms with van der Waals surface area (Å²) in [5.74, 6) is -7.98. The van der Waals surface area contributed by atoms with Gasteiger partial charge in [-0.15, -0.1) is 5.06 Å². The Bertz CT molecular complexity index is 2490. The minimum Gasteiger partial charge on any atom is -0.460 e. The zero-order valence-corrected chi connectivity index (χ0v) is 36.9. The number of aryl methyl sites for hydroxylation is 1. The number of rotatable bonds is 15. The summed E-state index contributed by atoms with van der Waals surface area (Å²) in [5.41, 5.74) is 3.42. The van der Waals surface area contributed by atoms with Crippen LogP contribution in [0.4, 0.5) is 28.9 Å². The van der Waals surface area contributed by atoms with Crippen LogP contribution in [0.25, 0.3) is 5.57 Å². The monoisotopic (exact) mass is 896 g/mol. The highest BCUT2D eigenvalue weighted by Gasteiger charge is 2.53. The number of halogens is 4. The maximum absolute atomic E-state index is 16.0. The molecule has 5 aliphatic rings. The highest BCUT2D eigenvalue weighted by Crippen LogP contribution is 2.50. The van der Waals surface area contributed by atoms with Crippen LogP contribution in [0.2, 0.25) is 0 Å². The van der Waals surface area contributed by atoms with Gasteiger partial charge in [0.05, 0.1) is 16.7 Å². The van der Waals surface area contributed by atoms with Gasteiger partial charge in [0.1, 0.15) is 18.1 Å². The summed E-state index contributed by atoms with van der Waals surface area (Å²) in [5, 5.41) is 0.460. The molecule has 0 aromatic heterocycles. The van der Waals surface area contributed by atoms with Gasteiger partial charge < -0.3 is 14.5 Å². The van der Waals surface area contributed by atoms with E-state index in [9.17, 15) is 27.4 Å². The van der Waals surface area contributed by atoms with Crippen LogP contribution < -0.4 is 9.64 Å². The van der Waals surface area contributed by atoms with E-state index in [1.54, 1.807) is 25.2 Å². The second-order valence-electron chi connectivity index (χ2n) is 18.1. The summed E-state index contributed by atoms with van der Waals surface area (Å²) in [6, 6.07) is 2.23. The van der Waals surface area contributed by atoms with E-state index in [4.69, 9.17) is 9.57 Å². The van der Waals surface area contributed by atoms with Gasteiger partial charge in [-0.25, -0.2) is 18.0 Å². The Labute approximate surface area is 365 Å². The second-order valence-corrected chi connectivity index (χ2v) is 19.7. The van der Waals surface area contributed by atoms with Crippen LogP contribution in [0, 0.1) is 28.7 Å². The number of ether oxygens (including phenoxy) is 1. The Hall–Kier alpha value is -5.09. The number of carbonyl (C=O) groups excluding carboxylic acids is 3. The first-order chi connectivity index (χ1) is 29.8. The predicted molar refractivity (Wildman–Crippen MR) is 229 cm³/mol. The molecule has 2 aromatic carbocycles. The zero-order chi connectivity index (χ0) is 45.4. The van der Waals surface area contributed by atoms with Crippen molar-refractivity contribution >= 4 is 50.6 Å². The highest BCUT2D eigenvalue weighted by atomic mass is 32.2. The van der Waals surface area contributed by atoms with Crippen LogP contribution in [0.15, 0.2) is 48.3 Å². The molecule has 1 fully saturated rings. The van der Waals surface area contributed by atoms with Gasteiger partial charge in [-0.3, -0.25) is 14.1 Å². The molecule has 0 aliphatic carbocycles. The fourth-order valence-electron chi connectivity index (χ4n) is 9.37. The van der Waals surface area contributed by atoms with Crippen molar-refractivity contribution in [2.24, 2.45) is 5.41 Å². The van der Waals surface area contributed by atoms with Gasteiger partial charge in [0, 0.05) is 67.1 Å². The SMILES string of the molecule is CC(C)(C)C1=C\C(=C/C=C/C=C/C2=[N+](CCCCCC(=O)ON3C(=O)CCC3=O)c3c(F)c(F)c(F)c(F)c3C2(C)CCCCS(=O)(=O)O)c2cc3c4c(c2O1)CCCN4CCC3. The summed E-state index contributed by atoms with van der Waals surface area (Å²) in [6.07, 6.45) is 15.6. The van der Waals surface area contributed by atoms with Gasteiger partial charge in [0.2, 0.25) is 11.6 Å². The van der Waals surface area contributed by atoms with Gasteiger partial charge in [0.15, 0.2) is 17.3 Å². The third-order valence-electron chi connectivity index (χ3n) is 12.5. The van der Waals surface area contributed by atoms with E-state index in [2.05, 4.69) is 31.7 Å². The summed E-state index contributed by atoms with van der Waals surface area (Å²) >= 11 is 0. The first-order valence-electron chi connectivity index (χ1n) is 21.7. The number of hydrogen-bond donors (Lipinski definition) is 1. The number of anilines is 1. The van der Waals surface area contributed by atoms with Gasteiger partial charge in [0.25, 0.3) is 27.6 Å². The minimum atomic E-state index is -4.33. The van der Waals surface area contributed by atoms with E-state index in [1.807, 2.05) is 18.2 Å². The Balaban J connectivity index is 1.20. The molecule has 63 heavy (non-hydrogen) atoms. The second kappa shape index (κ2) is 18.2. The number of hydroxylamine groups is 2. The summed E-state index contributed by atoms with van der Waals surface area (Å²) < 4.78 is 102. The number of amides is 2. The van der Waals surface area contributed by atoms with E-state index >= 15 is 17.6 Å². The van der Waals surface area contributed by atoms with E-state index in [-0.39, 0.29) is 63.3 Å². The Morgan fingerprint density at radius 1 is 0.921 bits per heavy atom. The fraction of sp³-hybridized carbons (Fsp3) is 0.489. The molecule has 16 heteroatoms. The van der Waals surface area contributed by atoms with Crippen molar-refractivity contribution < 1.29 is 59.1 Å². The lowest BCUT2D eigenvalue weighted by Crippen LogP contribution is -2.35. The van der Waals surface area contributed by atoms with Crippen LogP contribution >= 0.6 is 0 Å². The van der Waals surface area contributed by atoms with Gasteiger partial charge in [-0.2, -0.15) is 17.4 Å². The molecule has 338 valence electrons. The van der Waals surface area contributed by atoms with Crippen LogP contribution in [-0.2, 0) is 47.6 Å². The molecule has 0 bridgehead atoms. The molecule has 0 spiro atoms. The van der Waals surface area contributed by atoms with Crippen LogP contribution in [0.1, 0.15) is 121 Å². The van der Waals surface area contributed by atoms with E-state index < -0.39 is 73.6 Å². The molecular formula is C47H54F4N3O8S+. The third-order valence-corrected chi connectivity index (χ3v) is 13.3. The minimum absolute atomic E-state index is 0.0120. The maximum Gasteiger partial charge on any atom is 0.333 e. The number of hydrogen-bond acceptors (Lipinski definition) is 8. The zero-order valence-electron chi connectivity index (χ0n) is 36.1. The molecule has 5 aliphatic heterocycles. The lowest BCUT2D eigenvalue weighted by molar-refractivity contribution is -0.441. The normalized spacial score (nSPS) is 20.5. The van der Waals surface area contributed by atoms with Crippen molar-refractivity contribution in [1.29, 1.82) is 0 Å². The number of allylic oxidation sites excluding steroid dienone is 8. The Morgan fingerprint density at radius 3 is 2.32 bits per heavy atom. The number of fused-ring (bicyclic) bond motifs is 3. The molecule has 11 nitrogen and oxygen atoms in total. The summed E-state index contributed by atoms with van der Waals surface area (Å²) in [6.45, 7) is 9.88. The standard InChI is InChI=1S/C47H53F4N3O8S/c1-46(2,3)34-28-29(32-27-30-16-13-23-52-24-14-17-31(43(30)52)45(32)61-34)15-7-5-8-18-33-47(4,22-10-12-26-63(58,59)60)38-39(48)40(49)41(50)42(51)44(38)53(33)25-11-6-9-19-37(57)62-54-35(55)20-21-36(54)56/h5,7-8,15,18,27-28H,6,9-14,16-17,19-26H2,1-4H3/p+1. The number of benzene rings is 2. The lowest BCUT2D eigenvalue weighted by atomic mass is 9.75. The smallest absolute Gasteiger partial charge is 0.333 e. The van der Waals surface area contributed by atoms with E-state index in [0.717, 1.165) is 61.4 Å². The largest absolute Gasteiger partial charge is 0.460 e. The Morgan fingerprint density at radius 2 is 1.62 bits per heavy atom. The number of carbonyl (C=O) groups is 3. The van der Waals surface area contributed by atoms with Crippen LogP contribution in [-0.4, -0.2) is 71.5 Å². The number of unbranched alkanes of at least 4 members (excludes halogenated alkanes) is 3. The first kappa shape index (κ1) is 45.9. The number of nitrogens with zero attached hydrogens (tertiary/aromatic N) is 3. The van der Waals surface area contributed by atoms with Gasteiger partial charge >= 0.3 is 5.97 Å². The highest BCUT2D eigenvalue weighted by molar-refractivity contribution is 7.85. The lowest BCUT2D eigenvalue weighted by Gasteiger charge is -2.40. The third kappa shape index (κ3) is 9.43. The maximum atomic E-state index is 16.0. The van der Waals surface area contributed by atoms with Crippen LogP contribution in [0.3, 0.4) is 0 Å². The molecule has 1 atom stereocenters. The van der Waals surface area contributed by atoms with Crippen molar-refractivity contribution in [3.8, 4) is 5.75 Å². The molecule has 2 amide bonds. The molecule has 5 heterocycles. The average molecular weight is 897 g/mol. The van der Waals surface area contributed by atoms with E-state index in [1.165, 1.54) is 21.4 Å². The van der Waals surface area contributed by atoms with Crippen molar-refractivity contribution in [2.75, 3.05) is 30.3 Å². The molecule has 1 N–H and O–H groups in total. The summed E-state index contributed by atoms with van der Waals surface area (Å²) in [4.78, 5) is 43.5. The Kier molecular flexibility index (Phi) is 13.3. The molecule has 7 rings (SSSR count). The quantitative estimate of drug-likeness (QED) is 0.0272. The fourth-order valence-corrected chi connectivity index (χ4v) is 9.93. The first-order valence-corrected chi connectivity index (χ1v) is 23.3. The van der Waals surface area contributed by atoms with Crippen molar-refractivity contribution in [3.05, 3.63) is 93.8 Å². The van der Waals surface area contributed by atoms with Crippen LogP contribution in [0.5, 0.6) is 5.75 Å². The van der Waals surface area contributed by atoms with Gasteiger partial charge in [-0.05, 0) is 81.6 Å². The summed E-state index contributed by atoms with van der Waals surface area (Å²) in [7, 11) is -4.33. The predicted octanol–water partition coefficient (Wildman–Crippen LogP) is 9.04. The average Bonchev–Trinajstić information content (AvgIpc) is 3.67. The molecule has 1 unspecified atom stereocenters. The molecule has 0 radical (unpaired) electrons.